The highest BCUT2D eigenvalue weighted by Crippen LogP contribution is 2.31. The molecule has 2 aromatic carbocycles. The van der Waals surface area contributed by atoms with Crippen molar-refractivity contribution >= 4 is 27.3 Å². The van der Waals surface area contributed by atoms with E-state index in [4.69, 9.17) is 4.74 Å². The summed E-state index contributed by atoms with van der Waals surface area (Å²) in [6, 6.07) is 8.84. The molecule has 1 aliphatic rings. The first kappa shape index (κ1) is 19.4. The number of hydrogen-bond acceptors (Lipinski definition) is 4. The maximum absolute atomic E-state index is 12.9. The summed E-state index contributed by atoms with van der Waals surface area (Å²) in [5.41, 5.74) is 4.95. The van der Waals surface area contributed by atoms with Crippen LogP contribution in [0.15, 0.2) is 35.2 Å². The monoisotopic (exact) mass is 388 g/mol. The van der Waals surface area contributed by atoms with E-state index in [1.54, 1.807) is 36.1 Å². The SMILES string of the molecule is COCC(=O)N1CCc2cc(NS(=O)(=O)c3cc(C)c(C)cc3C)ccc21. The first-order chi connectivity index (χ1) is 12.7. The van der Waals surface area contributed by atoms with Crippen molar-refractivity contribution in [1.82, 2.24) is 0 Å². The number of carbonyl (C=O) groups is 1. The maximum atomic E-state index is 12.9. The molecule has 0 fully saturated rings. The largest absolute Gasteiger partial charge is 0.375 e. The van der Waals surface area contributed by atoms with E-state index in [1.807, 2.05) is 19.9 Å². The minimum absolute atomic E-state index is 0.0277. The normalized spacial score (nSPS) is 13.6. The fraction of sp³-hybridized carbons (Fsp3) is 0.350. The third-order valence-electron chi connectivity index (χ3n) is 4.88. The lowest BCUT2D eigenvalue weighted by molar-refractivity contribution is -0.122. The van der Waals surface area contributed by atoms with E-state index < -0.39 is 10.0 Å². The number of hydrogen-bond donors (Lipinski definition) is 1. The van der Waals surface area contributed by atoms with E-state index in [0.717, 1.165) is 22.4 Å². The summed E-state index contributed by atoms with van der Waals surface area (Å²) in [6.45, 7) is 6.25. The summed E-state index contributed by atoms with van der Waals surface area (Å²) in [5, 5.41) is 0. The number of ether oxygens (including phenoxy) is 1. The molecule has 144 valence electrons. The van der Waals surface area contributed by atoms with Crippen LogP contribution >= 0.6 is 0 Å². The Morgan fingerprint density at radius 1 is 1.11 bits per heavy atom. The Morgan fingerprint density at radius 2 is 1.81 bits per heavy atom. The molecule has 3 rings (SSSR count). The molecule has 0 spiro atoms. The number of benzene rings is 2. The molecule has 0 bridgehead atoms. The maximum Gasteiger partial charge on any atom is 0.262 e. The van der Waals surface area contributed by atoms with Gasteiger partial charge in [0.15, 0.2) is 0 Å². The molecule has 7 heteroatoms. The summed E-state index contributed by atoms with van der Waals surface area (Å²) in [6.07, 6.45) is 0.684. The Hall–Kier alpha value is -2.38. The zero-order valence-corrected chi connectivity index (χ0v) is 16.8. The molecule has 27 heavy (non-hydrogen) atoms. The molecule has 1 amide bonds. The number of fused-ring (bicyclic) bond motifs is 1. The number of amides is 1. The first-order valence-corrected chi connectivity index (χ1v) is 10.2. The summed E-state index contributed by atoms with van der Waals surface area (Å²) in [7, 11) is -2.20. The Balaban J connectivity index is 1.87. The van der Waals surface area contributed by atoms with Crippen molar-refractivity contribution in [1.29, 1.82) is 0 Å². The molecule has 0 radical (unpaired) electrons. The van der Waals surface area contributed by atoms with Crippen LogP contribution in [-0.4, -0.2) is 34.6 Å². The molecular formula is C20H24N2O4S. The highest BCUT2D eigenvalue weighted by molar-refractivity contribution is 7.92. The van der Waals surface area contributed by atoms with Crippen LogP contribution in [-0.2, 0) is 26.0 Å². The number of aryl methyl sites for hydroxylation is 3. The molecule has 6 nitrogen and oxygen atoms in total. The van der Waals surface area contributed by atoms with E-state index in [2.05, 4.69) is 4.72 Å². The van der Waals surface area contributed by atoms with E-state index >= 15 is 0 Å². The standard InChI is InChI=1S/C20H24N2O4S/c1-13-9-15(3)19(10-14(13)2)27(24,25)21-17-5-6-18-16(11-17)7-8-22(18)20(23)12-26-4/h5-6,9-11,21H,7-8,12H2,1-4H3. The van der Waals surface area contributed by atoms with Gasteiger partial charge in [0.25, 0.3) is 15.9 Å². The Bertz CT molecular complexity index is 999. The van der Waals surface area contributed by atoms with Crippen molar-refractivity contribution in [2.24, 2.45) is 0 Å². The third kappa shape index (κ3) is 3.84. The van der Waals surface area contributed by atoms with Crippen LogP contribution in [0.2, 0.25) is 0 Å². The number of sulfonamides is 1. The molecule has 1 N–H and O–H groups in total. The summed E-state index contributed by atoms with van der Waals surface area (Å²) >= 11 is 0. The average Bonchev–Trinajstić information content (AvgIpc) is 3.01. The average molecular weight is 388 g/mol. The third-order valence-corrected chi connectivity index (χ3v) is 6.40. The summed E-state index contributed by atoms with van der Waals surface area (Å²) in [4.78, 5) is 14.0. The van der Waals surface area contributed by atoms with Crippen LogP contribution in [0, 0.1) is 20.8 Å². The number of anilines is 2. The van der Waals surface area contributed by atoms with Gasteiger partial charge in [0.2, 0.25) is 0 Å². The van der Waals surface area contributed by atoms with Crippen LogP contribution in [0.5, 0.6) is 0 Å². The van der Waals surface area contributed by atoms with Crippen LogP contribution in [0.4, 0.5) is 11.4 Å². The molecule has 1 heterocycles. The van der Waals surface area contributed by atoms with Crippen molar-refractivity contribution in [2.45, 2.75) is 32.1 Å². The number of carbonyl (C=O) groups excluding carboxylic acids is 1. The fourth-order valence-corrected chi connectivity index (χ4v) is 4.72. The van der Waals surface area contributed by atoms with Gasteiger partial charge < -0.3 is 9.64 Å². The number of nitrogens with one attached hydrogen (secondary N) is 1. The van der Waals surface area contributed by atoms with Crippen molar-refractivity contribution in [3.8, 4) is 0 Å². The summed E-state index contributed by atoms with van der Waals surface area (Å²) < 4.78 is 33.3. The van der Waals surface area contributed by atoms with Gasteiger partial charge in [-0.1, -0.05) is 6.07 Å². The predicted octanol–water partition coefficient (Wildman–Crippen LogP) is 2.95. The Kier molecular flexibility index (Phi) is 5.26. The molecule has 0 atom stereocenters. The molecule has 0 saturated carbocycles. The lowest BCUT2D eigenvalue weighted by Crippen LogP contribution is -2.31. The lowest BCUT2D eigenvalue weighted by atomic mass is 10.1. The van der Waals surface area contributed by atoms with Crippen molar-refractivity contribution in [3.63, 3.8) is 0 Å². The van der Waals surface area contributed by atoms with Gasteiger partial charge in [-0.25, -0.2) is 8.42 Å². The molecule has 0 aliphatic carbocycles. The number of methoxy groups -OCH3 is 1. The zero-order chi connectivity index (χ0) is 19.8. The topological polar surface area (TPSA) is 75.7 Å². The second-order valence-corrected chi connectivity index (χ2v) is 8.53. The predicted molar refractivity (Wildman–Crippen MR) is 106 cm³/mol. The quantitative estimate of drug-likeness (QED) is 0.854. The lowest BCUT2D eigenvalue weighted by Gasteiger charge is -2.17. The van der Waals surface area contributed by atoms with Gasteiger partial charge in [0, 0.05) is 25.0 Å². The number of rotatable bonds is 5. The molecule has 1 aliphatic heterocycles. The zero-order valence-electron chi connectivity index (χ0n) is 16.0. The van der Waals surface area contributed by atoms with Crippen molar-refractivity contribution in [2.75, 3.05) is 29.9 Å². The van der Waals surface area contributed by atoms with Gasteiger partial charge in [-0.3, -0.25) is 9.52 Å². The molecule has 0 unspecified atom stereocenters. The molecule has 2 aromatic rings. The second kappa shape index (κ2) is 7.32. The van der Waals surface area contributed by atoms with Gasteiger partial charge in [-0.2, -0.15) is 0 Å². The highest BCUT2D eigenvalue weighted by atomic mass is 32.2. The Morgan fingerprint density at radius 3 is 2.52 bits per heavy atom. The van der Waals surface area contributed by atoms with Crippen molar-refractivity contribution in [3.05, 3.63) is 52.6 Å². The minimum atomic E-state index is -3.69. The second-order valence-electron chi connectivity index (χ2n) is 6.88. The number of nitrogens with zero attached hydrogens (tertiary/aromatic N) is 1. The van der Waals surface area contributed by atoms with Crippen LogP contribution in [0.25, 0.3) is 0 Å². The molecule has 0 saturated heterocycles. The minimum Gasteiger partial charge on any atom is -0.375 e. The first-order valence-electron chi connectivity index (χ1n) is 8.76. The van der Waals surface area contributed by atoms with Crippen LogP contribution in [0.3, 0.4) is 0 Å². The van der Waals surface area contributed by atoms with Gasteiger partial charge in [-0.05, 0) is 73.7 Å². The van der Waals surface area contributed by atoms with Gasteiger partial charge in [0.1, 0.15) is 6.61 Å². The van der Waals surface area contributed by atoms with E-state index in [0.29, 0.717) is 24.2 Å². The van der Waals surface area contributed by atoms with Crippen molar-refractivity contribution < 1.29 is 17.9 Å². The Labute approximate surface area is 160 Å². The van der Waals surface area contributed by atoms with Gasteiger partial charge >= 0.3 is 0 Å². The van der Waals surface area contributed by atoms with Crippen LogP contribution < -0.4 is 9.62 Å². The summed E-state index contributed by atoms with van der Waals surface area (Å²) in [5.74, 6) is -0.102. The van der Waals surface area contributed by atoms with Crippen LogP contribution in [0.1, 0.15) is 22.3 Å². The highest BCUT2D eigenvalue weighted by Gasteiger charge is 2.25. The smallest absolute Gasteiger partial charge is 0.262 e. The fourth-order valence-electron chi connectivity index (χ4n) is 3.36. The van der Waals surface area contributed by atoms with E-state index in [9.17, 15) is 13.2 Å². The van der Waals surface area contributed by atoms with E-state index in [-0.39, 0.29) is 17.4 Å². The molecular weight excluding hydrogens is 364 g/mol. The van der Waals surface area contributed by atoms with E-state index in [1.165, 1.54) is 7.11 Å². The van der Waals surface area contributed by atoms with Gasteiger partial charge in [-0.15, -0.1) is 0 Å². The molecule has 0 aromatic heterocycles. The van der Waals surface area contributed by atoms with Gasteiger partial charge in [0.05, 0.1) is 4.90 Å².